The molecular formula is C24H21IN2O5. The molecule has 164 valence electrons. The minimum Gasteiger partial charge on any atom is -0.497 e. The molecule has 0 aliphatic carbocycles. The Kier molecular flexibility index (Phi) is 8.20. The summed E-state index contributed by atoms with van der Waals surface area (Å²) in [7, 11) is 1.56. The maximum absolute atomic E-state index is 12.5. The molecule has 0 atom stereocenters. The SMILES string of the molecule is CCOc1cc(/C=N\NC(=O)c2cccc(I)c2)ccc1OC(=O)c1ccc(OC)cc1. The van der Waals surface area contributed by atoms with E-state index < -0.39 is 5.97 Å². The van der Waals surface area contributed by atoms with Gasteiger partial charge in [-0.3, -0.25) is 4.79 Å². The average Bonchev–Trinajstić information content (AvgIpc) is 2.80. The highest BCUT2D eigenvalue weighted by molar-refractivity contribution is 14.1. The van der Waals surface area contributed by atoms with Crippen molar-refractivity contribution in [1.29, 1.82) is 0 Å². The Morgan fingerprint density at radius 2 is 1.78 bits per heavy atom. The van der Waals surface area contributed by atoms with Crippen molar-refractivity contribution >= 4 is 40.7 Å². The van der Waals surface area contributed by atoms with Crippen LogP contribution in [-0.2, 0) is 0 Å². The quantitative estimate of drug-likeness (QED) is 0.146. The standard InChI is InChI=1S/C24H21IN2O5/c1-3-31-22-13-16(15-26-27-23(28)18-5-4-6-19(25)14-18)7-12-21(22)32-24(29)17-8-10-20(30-2)11-9-17/h4-15H,3H2,1-2H3,(H,27,28)/b26-15-. The summed E-state index contributed by atoms with van der Waals surface area (Å²) in [5.41, 5.74) is 4.07. The van der Waals surface area contributed by atoms with E-state index >= 15 is 0 Å². The van der Waals surface area contributed by atoms with Gasteiger partial charge in [0, 0.05) is 9.13 Å². The Morgan fingerprint density at radius 3 is 2.47 bits per heavy atom. The first-order valence-electron chi connectivity index (χ1n) is 9.72. The van der Waals surface area contributed by atoms with Gasteiger partial charge in [-0.1, -0.05) is 6.07 Å². The van der Waals surface area contributed by atoms with Crippen molar-refractivity contribution in [3.63, 3.8) is 0 Å². The van der Waals surface area contributed by atoms with Gasteiger partial charge < -0.3 is 14.2 Å². The van der Waals surface area contributed by atoms with Gasteiger partial charge in [-0.15, -0.1) is 0 Å². The number of nitrogens with zero attached hydrogens (tertiary/aromatic N) is 1. The van der Waals surface area contributed by atoms with E-state index in [9.17, 15) is 9.59 Å². The Labute approximate surface area is 199 Å². The lowest BCUT2D eigenvalue weighted by Gasteiger charge is -2.11. The van der Waals surface area contributed by atoms with Crippen molar-refractivity contribution in [2.75, 3.05) is 13.7 Å². The Morgan fingerprint density at radius 1 is 1.00 bits per heavy atom. The van der Waals surface area contributed by atoms with Gasteiger partial charge in [0.2, 0.25) is 0 Å². The number of benzene rings is 3. The van der Waals surface area contributed by atoms with Crippen LogP contribution in [0.2, 0.25) is 0 Å². The van der Waals surface area contributed by atoms with Crippen molar-refractivity contribution in [1.82, 2.24) is 5.43 Å². The third kappa shape index (κ3) is 6.30. The zero-order chi connectivity index (χ0) is 22.9. The van der Waals surface area contributed by atoms with Crippen molar-refractivity contribution in [2.45, 2.75) is 6.92 Å². The second-order valence-corrected chi connectivity index (χ2v) is 7.71. The number of hydrazone groups is 1. The van der Waals surface area contributed by atoms with Gasteiger partial charge in [0.05, 0.1) is 25.5 Å². The fourth-order valence-electron chi connectivity index (χ4n) is 2.70. The summed E-state index contributed by atoms with van der Waals surface area (Å²) in [6.07, 6.45) is 1.49. The van der Waals surface area contributed by atoms with E-state index in [0.717, 1.165) is 3.57 Å². The molecule has 0 aliphatic rings. The highest BCUT2D eigenvalue weighted by atomic mass is 127. The lowest BCUT2D eigenvalue weighted by Crippen LogP contribution is -2.17. The molecule has 0 saturated carbocycles. The maximum atomic E-state index is 12.5. The number of hydrogen-bond acceptors (Lipinski definition) is 6. The van der Waals surface area contributed by atoms with Crippen LogP contribution in [0.15, 0.2) is 71.8 Å². The fraction of sp³-hybridized carbons (Fsp3) is 0.125. The average molecular weight is 544 g/mol. The summed E-state index contributed by atoms with van der Waals surface area (Å²) in [5.74, 6) is 0.499. The molecule has 0 radical (unpaired) electrons. The van der Waals surface area contributed by atoms with Gasteiger partial charge in [0.15, 0.2) is 11.5 Å². The molecule has 0 unspecified atom stereocenters. The molecule has 0 heterocycles. The zero-order valence-electron chi connectivity index (χ0n) is 17.5. The molecule has 0 saturated heterocycles. The van der Waals surface area contributed by atoms with Gasteiger partial charge in [-0.25, -0.2) is 10.2 Å². The minimum atomic E-state index is -0.514. The predicted molar refractivity (Wildman–Crippen MR) is 130 cm³/mol. The molecule has 3 rings (SSSR count). The Hall–Kier alpha value is -3.40. The van der Waals surface area contributed by atoms with E-state index in [-0.39, 0.29) is 11.7 Å². The molecule has 0 aliphatic heterocycles. The lowest BCUT2D eigenvalue weighted by atomic mass is 10.2. The van der Waals surface area contributed by atoms with Crippen LogP contribution >= 0.6 is 22.6 Å². The monoisotopic (exact) mass is 544 g/mol. The van der Waals surface area contributed by atoms with E-state index in [2.05, 4.69) is 33.1 Å². The highest BCUT2D eigenvalue weighted by Gasteiger charge is 2.13. The number of amides is 1. The Balaban J connectivity index is 1.69. The highest BCUT2D eigenvalue weighted by Crippen LogP contribution is 2.29. The normalized spacial score (nSPS) is 10.6. The maximum Gasteiger partial charge on any atom is 0.343 e. The molecule has 0 fully saturated rings. The van der Waals surface area contributed by atoms with Gasteiger partial charge in [0.1, 0.15) is 5.75 Å². The largest absolute Gasteiger partial charge is 0.497 e. The fourth-order valence-corrected chi connectivity index (χ4v) is 3.25. The molecule has 8 heteroatoms. The number of rotatable bonds is 8. The van der Waals surface area contributed by atoms with Crippen LogP contribution in [-0.4, -0.2) is 31.8 Å². The summed E-state index contributed by atoms with van der Waals surface area (Å²) in [6.45, 7) is 2.22. The third-order valence-corrected chi connectivity index (χ3v) is 4.93. The van der Waals surface area contributed by atoms with Gasteiger partial charge >= 0.3 is 5.97 Å². The van der Waals surface area contributed by atoms with E-state index in [1.54, 1.807) is 67.8 Å². The van der Waals surface area contributed by atoms with Crippen molar-refractivity contribution < 1.29 is 23.8 Å². The number of carbonyl (C=O) groups is 2. The summed E-state index contributed by atoms with van der Waals surface area (Å²) in [6, 6.07) is 18.8. The smallest absolute Gasteiger partial charge is 0.343 e. The van der Waals surface area contributed by atoms with Gasteiger partial charge in [0.25, 0.3) is 5.91 Å². The van der Waals surface area contributed by atoms with Crippen molar-refractivity contribution in [3.05, 3.63) is 87.0 Å². The number of carbonyl (C=O) groups excluding carboxylic acids is 2. The van der Waals surface area contributed by atoms with Gasteiger partial charge in [-0.2, -0.15) is 5.10 Å². The number of ether oxygens (including phenoxy) is 3. The summed E-state index contributed by atoms with van der Waals surface area (Å²) in [4.78, 5) is 24.7. The molecule has 3 aromatic rings. The van der Waals surface area contributed by atoms with Crippen LogP contribution < -0.4 is 19.6 Å². The zero-order valence-corrected chi connectivity index (χ0v) is 19.7. The van der Waals surface area contributed by atoms with Crippen LogP contribution in [0.25, 0.3) is 0 Å². The first kappa shape index (κ1) is 23.3. The number of nitrogens with one attached hydrogen (secondary N) is 1. The number of hydrogen-bond donors (Lipinski definition) is 1. The number of halogens is 1. The van der Waals surface area contributed by atoms with Crippen LogP contribution in [0.3, 0.4) is 0 Å². The van der Waals surface area contributed by atoms with E-state index in [0.29, 0.717) is 34.8 Å². The molecule has 0 bridgehead atoms. The Bertz CT molecular complexity index is 1130. The second kappa shape index (κ2) is 11.3. The molecule has 0 aromatic heterocycles. The summed E-state index contributed by atoms with van der Waals surface area (Å²) < 4.78 is 17.2. The number of methoxy groups -OCH3 is 1. The molecule has 0 spiro atoms. The molecule has 32 heavy (non-hydrogen) atoms. The van der Waals surface area contributed by atoms with Gasteiger partial charge in [-0.05, 0) is 95.7 Å². The molecular weight excluding hydrogens is 523 g/mol. The van der Waals surface area contributed by atoms with E-state index in [4.69, 9.17) is 14.2 Å². The first-order chi connectivity index (χ1) is 15.5. The first-order valence-corrected chi connectivity index (χ1v) is 10.8. The lowest BCUT2D eigenvalue weighted by molar-refractivity contribution is 0.0728. The molecule has 1 amide bonds. The topological polar surface area (TPSA) is 86.2 Å². The van der Waals surface area contributed by atoms with Crippen LogP contribution in [0, 0.1) is 3.57 Å². The van der Waals surface area contributed by atoms with Crippen LogP contribution in [0.1, 0.15) is 33.2 Å². The summed E-state index contributed by atoms with van der Waals surface area (Å²) >= 11 is 2.14. The van der Waals surface area contributed by atoms with Crippen molar-refractivity contribution in [3.8, 4) is 17.2 Å². The molecule has 1 N–H and O–H groups in total. The van der Waals surface area contributed by atoms with Crippen LogP contribution in [0.4, 0.5) is 0 Å². The third-order valence-electron chi connectivity index (χ3n) is 4.26. The van der Waals surface area contributed by atoms with E-state index in [1.165, 1.54) is 6.21 Å². The minimum absolute atomic E-state index is 0.285. The predicted octanol–water partition coefficient (Wildman–Crippen LogP) is 4.68. The second-order valence-electron chi connectivity index (χ2n) is 6.47. The molecule has 7 nitrogen and oxygen atoms in total. The number of esters is 1. The molecule has 3 aromatic carbocycles. The van der Waals surface area contributed by atoms with E-state index in [1.807, 2.05) is 13.0 Å². The van der Waals surface area contributed by atoms with Crippen LogP contribution in [0.5, 0.6) is 17.2 Å². The summed E-state index contributed by atoms with van der Waals surface area (Å²) in [5, 5.41) is 4.00. The van der Waals surface area contributed by atoms with Crippen molar-refractivity contribution in [2.24, 2.45) is 5.10 Å².